The van der Waals surface area contributed by atoms with E-state index in [9.17, 15) is 4.79 Å². The van der Waals surface area contributed by atoms with E-state index in [1.165, 1.54) is 0 Å². The van der Waals surface area contributed by atoms with Gasteiger partial charge in [0.1, 0.15) is 0 Å². The molecule has 1 N–H and O–H groups in total. The highest BCUT2D eigenvalue weighted by atomic mass is 16.1. The highest BCUT2D eigenvalue weighted by Crippen LogP contribution is 2.40. The second-order valence-corrected chi connectivity index (χ2v) is 7.28. The summed E-state index contributed by atoms with van der Waals surface area (Å²) in [7, 11) is 0. The van der Waals surface area contributed by atoms with Crippen LogP contribution in [0.5, 0.6) is 0 Å². The van der Waals surface area contributed by atoms with Gasteiger partial charge >= 0.3 is 0 Å². The second-order valence-electron chi connectivity index (χ2n) is 7.28. The van der Waals surface area contributed by atoms with Crippen molar-refractivity contribution in [2.45, 2.75) is 51.5 Å². The molecule has 1 aliphatic rings. The summed E-state index contributed by atoms with van der Waals surface area (Å²) in [5.41, 5.74) is 3.49. The van der Waals surface area contributed by atoms with Crippen molar-refractivity contribution < 1.29 is 4.79 Å². The summed E-state index contributed by atoms with van der Waals surface area (Å²) in [6.07, 6.45) is 7.53. The molecule has 3 heterocycles. The molecular formula is C21H25N5O. The van der Waals surface area contributed by atoms with Crippen LogP contribution in [0.3, 0.4) is 0 Å². The number of fused-ring (bicyclic) bond motifs is 1. The molecule has 1 aliphatic carbocycles. The number of carbonyl (C=O) groups excluding carboxylic acids is 1. The Morgan fingerprint density at radius 1 is 1.37 bits per heavy atom. The van der Waals surface area contributed by atoms with Crippen LogP contribution in [0.2, 0.25) is 0 Å². The molecule has 0 spiro atoms. The van der Waals surface area contributed by atoms with Gasteiger partial charge in [0.2, 0.25) is 0 Å². The fraction of sp³-hybridized carbons (Fsp3) is 0.429. The maximum atomic E-state index is 12.9. The van der Waals surface area contributed by atoms with E-state index in [4.69, 9.17) is 4.98 Å². The fourth-order valence-corrected chi connectivity index (χ4v) is 3.25. The predicted octanol–water partition coefficient (Wildman–Crippen LogP) is 3.65. The Balaban J connectivity index is 1.59. The minimum Gasteiger partial charge on any atom is -0.352 e. The smallest absolute Gasteiger partial charge is 0.252 e. The van der Waals surface area contributed by atoms with Crippen molar-refractivity contribution in [1.82, 2.24) is 25.1 Å². The molecule has 6 nitrogen and oxygen atoms in total. The number of amides is 1. The highest BCUT2D eigenvalue weighted by molar-refractivity contribution is 6.05. The fourth-order valence-electron chi connectivity index (χ4n) is 3.25. The molecule has 27 heavy (non-hydrogen) atoms. The first-order valence-corrected chi connectivity index (χ1v) is 9.73. The zero-order chi connectivity index (χ0) is 18.8. The molecule has 3 aromatic heterocycles. The molecule has 1 atom stereocenters. The third kappa shape index (κ3) is 3.70. The summed E-state index contributed by atoms with van der Waals surface area (Å²) in [4.78, 5) is 22.0. The van der Waals surface area contributed by atoms with Crippen LogP contribution >= 0.6 is 0 Å². The SMILES string of the molecule is CCC(C)n1ncc2c(C(=O)NCCc3ccccn3)cc(C3CC3)nc21. The maximum absolute atomic E-state index is 12.9. The molecule has 0 saturated heterocycles. The molecule has 1 amide bonds. The van der Waals surface area contributed by atoms with Crippen LogP contribution in [0.15, 0.2) is 36.7 Å². The van der Waals surface area contributed by atoms with Gasteiger partial charge in [-0.25, -0.2) is 9.67 Å². The number of nitrogens with one attached hydrogen (secondary N) is 1. The van der Waals surface area contributed by atoms with Crippen LogP contribution in [0.4, 0.5) is 0 Å². The summed E-state index contributed by atoms with van der Waals surface area (Å²) in [5.74, 6) is 0.415. The lowest BCUT2D eigenvalue weighted by atomic mass is 10.1. The van der Waals surface area contributed by atoms with Crippen molar-refractivity contribution in [3.63, 3.8) is 0 Å². The number of rotatable bonds is 7. The van der Waals surface area contributed by atoms with Crippen molar-refractivity contribution in [1.29, 1.82) is 0 Å². The molecular weight excluding hydrogens is 338 g/mol. The molecule has 4 rings (SSSR count). The number of pyridine rings is 2. The van der Waals surface area contributed by atoms with E-state index in [-0.39, 0.29) is 11.9 Å². The van der Waals surface area contributed by atoms with Crippen molar-refractivity contribution in [3.05, 3.63) is 53.6 Å². The minimum absolute atomic E-state index is 0.0658. The third-order valence-electron chi connectivity index (χ3n) is 5.23. The Morgan fingerprint density at radius 3 is 2.93 bits per heavy atom. The van der Waals surface area contributed by atoms with E-state index < -0.39 is 0 Å². The van der Waals surface area contributed by atoms with Gasteiger partial charge in [-0.3, -0.25) is 9.78 Å². The van der Waals surface area contributed by atoms with E-state index in [1.54, 1.807) is 12.4 Å². The highest BCUT2D eigenvalue weighted by Gasteiger charge is 2.28. The van der Waals surface area contributed by atoms with Crippen molar-refractivity contribution in [3.8, 4) is 0 Å². The normalized spacial score (nSPS) is 15.0. The standard InChI is InChI=1S/C21H25N5O/c1-3-14(2)26-20-18(13-24-26)17(12-19(25-20)15-7-8-15)21(27)23-11-9-16-6-4-5-10-22-16/h4-6,10,12-15H,3,7-9,11H2,1-2H3,(H,23,27). The maximum Gasteiger partial charge on any atom is 0.252 e. The Hall–Kier alpha value is -2.76. The summed E-state index contributed by atoms with van der Waals surface area (Å²) in [6.45, 7) is 4.82. The largest absolute Gasteiger partial charge is 0.352 e. The van der Waals surface area contributed by atoms with Gasteiger partial charge in [0, 0.05) is 36.5 Å². The van der Waals surface area contributed by atoms with E-state index in [0.29, 0.717) is 24.4 Å². The number of nitrogens with zero attached hydrogens (tertiary/aromatic N) is 4. The zero-order valence-corrected chi connectivity index (χ0v) is 15.9. The molecule has 1 fully saturated rings. The van der Waals surface area contributed by atoms with Gasteiger partial charge in [-0.2, -0.15) is 5.10 Å². The predicted molar refractivity (Wildman–Crippen MR) is 105 cm³/mol. The van der Waals surface area contributed by atoms with Gasteiger partial charge < -0.3 is 5.32 Å². The number of aromatic nitrogens is 4. The van der Waals surface area contributed by atoms with E-state index >= 15 is 0 Å². The average molecular weight is 363 g/mol. The van der Waals surface area contributed by atoms with Crippen LogP contribution in [0.25, 0.3) is 11.0 Å². The summed E-state index contributed by atoms with van der Waals surface area (Å²) in [5, 5.41) is 8.39. The van der Waals surface area contributed by atoms with Gasteiger partial charge in [0.25, 0.3) is 5.91 Å². The minimum atomic E-state index is -0.0658. The summed E-state index contributed by atoms with van der Waals surface area (Å²) < 4.78 is 1.95. The van der Waals surface area contributed by atoms with Gasteiger partial charge in [-0.1, -0.05) is 13.0 Å². The lowest BCUT2D eigenvalue weighted by Gasteiger charge is -2.12. The molecule has 0 bridgehead atoms. The van der Waals surface area contributed by atoms with Crippen molar-refractivity contribution >= 4 is 16.9 Å². The molecule has 1 saturated carbocycles. The Labute approximate surface area is 159 Å². The molecule has 3 aromatic rings. The zero-order valence-electron chi connectivity index (χ0n) is 15.9. The molecule has 0 radical (unpaired) electrons. The Morgan fingerprint density at radius 2 is 2.22 bits per heavy atom. The first kappa shape index (κ1) is 17.6. The number of carbonyl (C=O) groups is 1. The van der Waals surface area contributed by atoms with Crippen molar-refractivity contribution in [2.75, 3.05) is 6.54 Å². The van der Waals surface area contributed by atoms with E-state index in [2.05, 4.69) is 29.2 Å². The molecule has 0 aromatic carbocycles. The monoisotopic (exact) mass is 363 g/mol. The van der Waals surface area contributed by atoms with Crippen molar-refractivity contribution in [2.24, 2.45) is 0 Å². The van der Waals surface area contributed by atoms with Gasteiger partial charge in [-0.15, -0.1) is 0 Å². The van der Waals surface area contributed by atoms with Crippen LogP contribution in [0.1, 0.15) is 66.8 Å². The van der Waals surface area contributed by atoms with E-state index in [1.807, 2.05) is 28.9 Å². The topological polar surface area (TPSA) is 72.7 Å². The average Bonchev–Trinajstić information content (AvgIpc) is 3.46. The molecule has 1 unspecified atom stereocenters. The third-order valence-corrected chi connectivity index (χ3v) is 5.23. The van der Waals surface area contributed by atoms with Crippen LogP contribution in [0, 0.1) is 0 Å². The van der Waals surface area contributed by atoms with E-state index in [0.717, 1.165) is 41.7 Å². The van der Waals surface area contributed by atoms with Gasteiger partial charge in [0.15, 0.2) is 5.65 Å². The number of hydrogen-bond acceptors (Lipinski definition) is 4. The second kappa shape index (κ2) is 7.47. The lowest BCUT2D eigenvalue weighted by molar-refractivity contribution is 0.0955. The molecule has 140 valence electrons. The van der Waals surface area contributed by atoms with Crippen LogP contribution in [-0.2, 0) is 6.42 Å². The molecule has 0 aliphatic heterocycles. The van der Waals surface area contributed by atoms with Crippen LogP contribution < -0.4 is 5.32 Å². The summed E-state index contributed by atoms with van der Waals surface area (Å²) in [6, 6.07) is 8.03. The lowest BCUT2D eigenvalue weighted by Crippen LogP contribution is -2.26. The number of hydrogen-bond donors (Lipinski definition) is 1. The Bertz CT molecular complexity index is 946. The van der Waals surface area contributed by atoms with Gasteiger partial charge in [-0.05, 0) is 44.4 Å². The first-order valence-electron chi connectivity index (χ1n) is 9.73. The van der Waals surface area contributed by atoms with Gasteiger partial charge in [0.05, 0.1) is 23.2 Å². The quantitative estimate of drug-likeness (QED) is 0.695. The Kier molecular flexibility index (Phi) is 4.88. The first-order chi connectivity index (χ1) is 13.2. The summed E-state index contributed by atoms with van der Waals surface area (Å²) >= 11 is 0. The molecule has 6 heteroatoms. The van der Waals surface area contributed by atoms with Crippen LogP contribution in [-0.4, -0.2) is 32.2 Å².